The molecule has 0 spiro atoms. The van der Waals surface area contributed by atoms with E-state index < -0.39 is 47.9 Å². The molecule has 190 valence electrons. The number of carboxylic acid groups (broad SMARTS) is 1. The number of nitrogens with zero attached hydrogens (tertiary/aromatic N) is 1. The van der Waals surface area contributed by atoms with Crippen molar-refractivity contribution >= 4 is 54.9 Å². The maximum Gasteiger partial charge on any atom is 0.327 e. The largest absolute Gasteiger partial charge is 0.480 e. The van der Waals surface area contributed by atoms with E-state index >= 15 is 0 Å². The second kappa shape index (κ2) is 17.3. The van der Waals surface area contributed by atoms with Crippen LogP contribution in [-0.2, 0) is 19.2 Å². The molecule has 0 fully saturated rings. The molecule has 0 bridgehead atoms. The number of nitrogens with one attached hydrogen (secondary N) is 3. The van der Waals surface area contributed by atoms with Crippen molar-refractivity contribution in [1.29, 1.82) is 0 Å². The normalized spacial score (nSPS) is 14.3. The minimum Gasteiger partial charge on any atom is -0.480 e. The first-order valence-electron chi connectivity index (χ1n) is 10.4. The van der Waals surface area contributed by atoms with Gasteiger partial charge in [0.15, 0.2) is 5.96 Å². The van der Waals surface area contributed by atoms with Crippen LogP contribution >= 0.6 is 25.3 Å². The van der Waals surface area contributed by atoms with E-state index in [2.05, 4.69) is 46.2 Å². The van der Waals surface area contributed by atoms with E-state index in [9.17, 15) is 19.2 Å². The Morgan fingerprint density at radius 1 is 0.818 bits per heavy atom. The third-order valence-corrected chi connectivity index (χ3v) is 5.23. The van der Waals surface area contributed by atoms with Crippen molar-refractivity contribution < 1.29 is 24.3 Å². The van der Waals surface area contributed by atoms with E-state index in [-0.39, 0.29) is 23.9 Å². The van der Waals surface area contributed by atoms with E-state index in [1.54, 1.807) is 0 Å². The minimum absolute atomic E-state index is 0.0588. The van der Waals surface area contributed by atoms with Gasteiger partial charge in [-0.15, -0.1) is 0 Å². The zero-order chi connectivity index (χ0) is 25.4. The lowest BCUT2D eigenvalue weighted by Gasteiger charge is -2.24. The summed E-state index contributed by atoms with van der Waals surface area (Å²) in [6.45, 7) is 0.723. The van der Waals surface area contributed by atoms with Gasteiger partial charge in [-0.2, -0.15) is 25.3 Å². The summed E-state index contributed by atoms with van der Waals surface area (Å²) in [7, 11) is 0. The van der Waals surface area contributed by atoms with E-state index in [1.165, 1.54) is 0 Å². The van der Waals surface area contributed by atoms with Crippen molar-refractivity contribution in [2.45, 2.75) is 56.3 Å². The monoisotopic (exact) mass is 508 g/mol. The number of guanidine groups is 1. The van der Waals surface area contributed by atoms with Crippen molar-refractivity contribution in [1.82, 2.24) is 16.0 Å². The molecule has 3 amide bonds. The highest BCUT2D eigenvalue weighted by Crippen LogP contribution is 2.04. The molecule has 15 heteroatoms. The minimum atomic E-state index is -1.26. The van der Waals surface area contributed by atoms with Crippen LogP contribution in [0, 0.1) is 0 Å². The summed E-state index contributed by atoms with van der Waals surface area (Å²) in [5.74, 6) is -3.44. The number of nitrogens with two attached hydrogens (primary N) is 4. The first-order valence-corrected chi connectivity index (χ1v) is 11.7. The maximum absolute atomic E-state index is 12.8. The van der Waals surface area contributed by atoms with Crippen molar-refractivity contribution in [2.75, 3.05) is 24.6 Å². The van der Waals surface area contributed by atoms with Crippen molar-refractivity contribution in [2.24, 2.45) is 27.9 Å². The van der Waals surface area contributed by atoms with Crippen LogP contribution in [0.25, 0.3) is 0 Å². The fourth-order valence-electron chi connectivity index (χ4n) is 2.62. The van der Waals surface area contributed by atoms with E-state index in [4.69, 9.17) is 28.0 Å². The molecule has 0 aromatic carbocycles. The number of unbranched alkanes of at least 4 members (excludes halogenated alkanes) is 1. The molecule has 0 rings (SSSR count). The molecular weight excluding hydrogens is 472 g/mol. The summed E-state index contributed by atoms with van der Waals surface area (Å²) < 4.78 is 0. The van der Waals surface area contributed by atoms with E-state index in [0.29, 0.717) is 38.8 Å². The number of rotatable bonds is 17. The van der Waals surface area contributed by atoms with Gasteiger partial charge in [-0.3, -0.25) is 19.4 Å². The number of hydrogen-bond donors (Lipinski definition) is 10. The summed E-state index contributed by atoms with van der Waals surface area (Å²) in [5.41, 5.74) is 21.9. The Hall–Kier alpha value is -2.23. The lowest BCUT2D eigenvalue weighted by molar-refractivity contribution is -0.141. The van der Waals surface area contributed by atoms with Gasteiger partial charge < -0.3 is 44.0 Å². The van der Waals surface area contributed by atoms with Crippen LogP contribution in [0.1, 0.15) is 32.1 Å². The number of hydrogen-bond acceptors (Lipinski definition) is 9. The van der Waals surface area contributed by atoms with Crippen LogP contribution in [0.15, 0.2) is 4.99 Å². The van der Waals surface area contributed by atoms with Gasteiger partial charge in [0.2, 0.25) is 17.7 Å². The molecule has 0 saturated carbocycles. The highest BCUT2D eigenvalue weighted by atomic mass is 32.1. The van der Waals surface area contributed by atoms with Gasteiger partial charge in [0, 0.05) is 18.1 Å². The van der Waals surface area contributed by atoms with Crippen LogP contribution in [0.5, 0.6) is 0 Å². The zero-order valence-electron chi connectivity index (χ0n) is 18.4. The van der Waals surface area contributed by atoms with Crippen LogP contribution < -0.4 is 38.9 Å². The van der Waals surface area contributed by atoms with Gasteiger partial charge in [0.25, 0.3) is 0 Å². The second-order valence-electron chi connectivity index (χ2n) is 7.23. The molecule has 4 unspecified atom stereocenters. The first-order chi connectivity index (χ1) is 15.6. The number of carbonyl (C=O) groups is 4. The highest BCUT2D eigenvalue weighted by Gasteiger charge is 2.29. The van der Waals surface area contributed by atoms with E-state index in [0.717, 1.165) is 0 Å². The molecule has 0 aliphatic heterocycles. The Morgan fingerprint density at radius 2 is 1.36 bits per heavy atom. The predicted molar refractivity (Wildman–Crippen MR) is 132 cm³/mol. The van der Waals surface area contributed by atoms with Gasteiger partial charge >= 0.3 is 5.97 Å². The predicted octanol–water partition coefficient (Wildman–Crippen LogP) is -3.11. The van der Waals surface area contributed by atoms with E-state index in [1.807, 2.05) is 0 Å². The fourth-order valence-corrected chi connectivity index (χ4v) is 3.12. The second-order valence-corrected chi connectivity index (χ2v) is 7.96. The average Bonchev–Trinajstić information content (AvgIpc) is 2.76. The van der Waals surface area contributed by atoms with Crippen molar-refractivity contribution in [3.05, 3.63) is 0 Å². The summed E-state index contributed by atoms with van der Waals surface area (Å²) in [4.78, 5) is 52.6. The Labute approximate surface area is 204 Å². The molecule has 0 aliphatic rings. The van der Waals surface area contributed by atoms with Gasteiger partial charge in [0.1, 0.15) is 18.1 Å². The molecule has 0 aromatic heterocycles. The maximum atomic E-state index is 12.8. The number of carbonyl (C=O) groups excluding carboxylic acids is 3. The summed E-state index contributed by atoms with van der Waals surface area (Å²) in [6.07, 6.45) is 2.21. The molecule has 13 nitrogen and oxygen atoms in total. The lowest BCUT2D eigenvalue weighted by atomic mass is 10.1. The molecule has 4 atom stereocenters. The SMILES string of the molecule is NCCCCC(NC(=O)C(N)CCCN=C(N)N)C(=O)NC(CS)C(=O)NC(CS)C(=O)O. The van der Waals surface area contributed by atoms with Crippen molar-refractivity contribution in [3.63, 3.8) is 0 Å². The molecule has 0 saturated heterocycles. The van der Waals surface area contributed by atoms with Crippen LogP contribution in [0.4, 0.5) is 0 Å². The quantitative estimate of drug-likeness (QED) is 0.0413. The zero-order valence-corrected chi connectivity index (χ0v) is 20.2. The topological polar surface area (TPSA) is 241 Å². The molecule has 0 radical (unpaired) electrons. The number of aliphatic carboxylic acids is 1. The average molecular weight is 509 g/mol. The number of amides is 3. The molecule has 0 heterocycles. The Balaban J connectivity index is 5.09. The smallest absolute Gasteiger partial charge is 0.327 e. The Morgan fingerprint density at radius 3 is 1.88 bits per heavy atom. The highest BCUT2D eigenvalue weighted by molar-refractivity contribution is 7.80. The molecule has 33 heavy (non-hydrogen) atoms. The molecule has 12 N–H and O–H groups in total. The number of aliphatic imine (C=N–C) groups is 1. The molecule has 0 aliphatic carbocycles. The van der Waals surface area contributed by atoms with Crippen LogP contribution in [0.2, 0.25) is 0 Å². The summed E-state index contributed by atoms with van der Waals surface area (Å²) >= 11 is 7.94. The fraction of sp³-hybridized carbons (Fsp3) is 0.722. The Bertz CT molecular complexity index is 678. The third-order valence-electron chi connectivity index (χ3n) is 4.50. The molecule has 0 aromatic rings. The first kappa shape index (κ1) is 30.8. The third kappa shape index (κ3) is 13.2. The van der Waals surface area contributed by atoms with Gasteiger partial charge in [-0.25, -0.2) is 4.79 Å². The lowest BCUT2D eigenvalue weighted by Crippen LogP contribution is -2.57. The van der Waals surface area contributed by atoms with Crippen LogP contribution in [0.3, 0.4) is 0 Å². The number of carboxylic acids is 1. The molecular formula is C18H36N8O5S2. The summed E-state index contributed by atoms with van der Waals surface area (Å²) in [6, 6.07) is -4.20. The standard InChI is InChI=1S/C18H36N8O5S2/c19-6-2-1-5-11(24-14(27)10(20)4-3-7-23-18(21)22)15(28)25-12(8-32)16(29)26-13(9-33)17(30)31/h10-13,32-33H,1-9,19-20H2,(H,24,27)(H,25,28)(H,26,29)(H,30,31)(H4,21,22,23). The van der Waals surface area contributed by atoms with Gasteiger partial charge in [0.05, 0.1) is 6.04 Å². The van der Waals surface area contributed by atoms with Crippen LogP contribution in [-0.4, -0.2) is 83.5 Å². The van der Waals surface area contributed by atoms with Gasteiger partial charge in [-0.05, 0) is 38.6 Å². The number of thiol groups is 2. The van der Waals surface area contributed by atoms with Gasteiger partial charge in [-0.1, -0.05) is 0 Å². The summed E-state index contributed by atoms with van der Waals surface area (Å²) in [5, 5.41) is 16.4. The Kier molecular flexibility index (Phi) is 16.1. The van der Waals surface area contributed by atoms with Crippen molar-refractivity contribution in [3.8, 4) is 0 Å².